The third kappa shape index (κ3) is 2.03. The molecule has 0 bridgehead atoms. The number of rotatable bonds is 1. The van der Waals surface area contributed by atoms with Gasteiger partial charge in [-0.3, -0.25) is 4.31 Å². The number of halogens is 1. The van der Waals surface area contributed by atoms with Crippen LogP contribution in [0.3, 0.4) is 0 Å². The number of sulfonamides is 1. The van der Waals surface area contributed by atoms with Gasteiger partial charge in [-0.1, -0.05) is 22.0 Å². The molecule has 1 aromatic rings. The van der Waals surface area contributed by atoms with E-state index in [0.29, 0.717) is 13.0 Å². The van der Waals surface area contributed by atoms with E-state index in [1.54, 1.807) is 0 Å². The van der Waals surface area contributed by atoms with Crippen LogP contribution in [0.5, 0.6) is 0 Å². The first-order valence-corrected chi connectivity index (χ1v) is 7.17. The first-order chi connectivity index (χ1) is 7.00. The van der Waals surface area contributed by atoms with E-state index in [1.165, 1.54) is 4.31 Å². The monoisotopic (exact) mass is 289 g/mol. The maximum Gasteiger partial charge on any atom is 0.235 e. The van der Waals surface area contributed by atoms with Crippen molar-refractivity contribution in [2.45, 2.75) is 13.3 Å². The molecule has 0 unspecified atom stereocenters. The molecule has 1 aromatic carbocycles. The third-order valence-electron chi connectivity index (χ3n) is 2.54. The molecule has 1 fully saturated rings. The van der Waals surface area contributed by atoms with Crippen molar-refractivity contribution < 1.29 is 8.42 Å². The van der Waals surface area contributed by atoms with Crippen molar-refractivity contribution in [2.24, 2.45) is 0 Å². The van der Waals surface area contributed by atoms with Crippen LogP contribution in [0, 0.1) is 6.92 Å². The molecule has 1 heterocycles. The molecule has 15 heavy (non-hydrogen) atoms. The molecule has 1 aliphatic heterocycles. The Labute approximate surface area is 98.3 Å². The Balaban J connectivity index is 2.42. The summed E-state index contributed by atoms with van der Waals surface area (Å²) in [7, 11) is -3.06. The Morgan fingerprint density at radius 2 is 2.13 bits per heavy atom. The summed E-state index contributed by atoms with van der Waals surface area (Å²) in [5, 5.41) is 0. The molecule has 0 radical (unpaired) electrons. The van der Waals surface area contributed by atoms with Crippen molar-refractivity contribution in [1.29, 1.82) is 0 Å². The van der Waals surface area contributed by atoms with E-state index in [0.717, 1.165) is 15.7 Å². The molecule has 1 aliphatic rings. The molecule has 82 valence electrons. The Bertz CT molecular complexity index is 484. The fourth-order valence-electron chi connectivity index (χ4n) is 1.67. The van der Waals surface area contributed by atoms with Crippen molar-refractivity contribution >= 4 is 31.6 Å². The largest absolute Gasteiger partial charge is 0.270 e. The van der Waals surface area contributed by atoms with E-state index in [2.05, 4.69) is 15.9 Å². The molecule has 2 rings (SSSR count). The van der Waals surface area contributed by atoms with Gasteiger partial charge in [0, 0.05) is 11.0 Å². The average Bonchev–Trinajstić information content (AvgIpc) is 2.50. The topological polar surface area (TPSA) is 37.4 Å². The second-order valence-corrected chi connectivity index (χ2v) is 6.54. The van der Waals surface area contributed by atoms with Gasteiger partial charge in [0.1, 0.15) is 0 Å². The molecule has 1 saturated heterocycles. The Morgan fingerprint density at radius 1 is 1.40 bits per heavy atom. The number of aryl methyl sites for hydroxylation is 1. The van der Waals surface area contributed by atoms with E-state index in [9.17, 15) is 8.42 Å². The van der Waals surface area contributed by atoms with Gasteiger partial charge in [-0.05, 0) is 31.0 Å². The molecular formula is C10H12BrNO2S. The highest BCUT2D eigenvalue weighted by Gasteiger charge is 2.28. The van der Waals surface area contributed by atoms with Crippen LogP contribution in [0.1, 0.15) is 12.0 Å². The lowest BCUT2D eigenvalue weighted by atomic mass is 10.2. The maximum absolute atomic E-state index is 11.7. The smallest absolute Gasteiger partial charge is 0.235 e. The highest BCUT2D eigenvalue weighted by molar-refractivity contribution is 9.10. The van der Waals surface area contributed by atoms with Gasteiger partial charge < -0.3 is 0 Å². The van der Waals surface area contributed by atoms with E-state index in [-0.39, 0.29) is 5.75 Å². The van der Waals surface area contributed by atoms with Crippen LogP contribution in [0.2, 0.25) is 0 Å². The quantitative estimate of drug-likeness (QED) is 0.796. The maximum atomic E-state index is 11.7. The Morgan fingerprint density at radius 3 is 2.67 bits per heavy atom. The van der Waals surface area contributed by atoms with Crippen LogP contribution in [-0.4, -0.2) is 20.7 Å². The summed E-state index contributed by atoms with van der Waals surface area (Å²) in [6.07, 6.45) is 0.716. The summed E-state index contributed by atoms with van der Waals surface area (Å²) < 4.78 is 25.8. The van der Waals surface area contributed by atoms with Gasteiger partial charge in [0.2, 0.25) is 10.0 Å². The minimum Gasteiger partial charge on any atom is -0.270 e. The predicted molar refractivity (Wildman–Crippen MR) is 64.6 cm³/mol. The van der Waals surface area contributed by atoms with Gasteiger partial charge in [0.15, 0.2) is 0 Å². The Hall–Kier alpha value is -0.550. The van der Waals surface area contributed by atoms with Crippen LogP contribution in [0.4, 0.5) is 5.69 Å². The zero-order valence-electron chi connectivity index (χ0n) is 8.40. The summed E-state index contributed by atoms with van der Waals surface area (Å²) in [6, 6.07) is 5.63. The van der Waals surface area contributed by atoms with E-state index < -0.39 is 10.0 Å². The lowest BCUT2D eigenvalue weighted by Crippen LogP contribution is -2.24. The molecule has 3 nitrogen and oxygen atoms in total. The minimum atomic E-state index is -3.06. The molecule has 0 amide bonds. The van der Waals surface area contributed by atoms with Crippen molar-refractivity contribution in [3.8, 4) is 0 Å². The normalized spacial score (nSPS) is 19.5. The lowest BCUT2D eigenvalue weighted by molar-refractivity contribution is 0.599. The zero-order chi connectivity index (χ0) is 11.1. The van der Waals surface area contributed by atoms with E-state index in [1.807, 2.05) is 25.1 Å². The van der Waals surface area contributed by atoms with Gasteiger partial charge in [-0.25, -0.2) is 8.42 Å². The van der Waals surface area contributed by atoms with E-state index in [4.69, 9.17) is 0 Å². The van der Waals surface area contributed by atoms with Gasteiger partial charge in [0.05, 0.1) is 11.4 Å². The van der Waals surface area contributed by atoms with E-state index >= 15 is 0 Å². The van der Waals surface area contributed by atoms with Crippen LogP contribution >= 0.6 is 15.9 Å². The van der Waals surface area contributed by atoms with Crippen LogP contribution in [0.15, 0.2) is 22.7 Å². The zero-order valence-corrected chi connectivity index (χ0v) is 10.8. The highest BCUT2D eigenvalue weighted by Crippen LogP contribution is 2.28. The van der Waals surface area contributed by atoms with Gasteiger partial charge in [-0.15, -0.1) is 0 Å². The molecule has 0 N–H and O–H groups in total. The first kappa shape index (κ1) is 11.0. The van der Waals surface area contributed by atoms with Gasteiger partial charge in [-0.2, -0.15) is 0 Å². The molecule has 0 spiro atoms. The predicted octanol–water partition coefficient (Wildman–Crippen LogP) is 2.30. The second kappa shape index (κ2) is 3.79. The Kier molecular flexibility index (Phi) is 2.77. The van der Waals surface area contributed by atoms with Crippen LogP contribution in [0.25, 0.3) is 0 Å². The van der Waals surface area contributed by atoms with Crippen LogP contribution in [-0.2, 0) is 10.0 Å². The highest BCUT2D eigenvalue weighted by atomic mass is 79.9. The second-order valence-electron chi connectivity index (χ2n) is 3.68. The summed E-state index contributed by atoms with van der Waals surface area (Å²) >= 11 is 3.41. The lowest BCUT2D eigenvalue weighted by Gasteiger charge is -2.17. The van der Waals surface area contributed by atoms with Gasteiger partial charge >= 0.3 is 0 Å². The van der Waals surface area contributed by atoms with Gasteiger partial charge in [0.25, 0.3) is 0 Å². The molecular weight excluding hydrogens is 278 g/mol. The molecule has 0 saturated carbocycles. The number of hydrogen-bond donors (Lipinski definition) is 0. The summed E-state index contributed by atoms with van der Waals surface area (Å²) in [6.45, 7) is 2.57. The van der Waals surface area contributed by atoms with Crippen molar-refractivity contribution in [1.82, 2.24) is 0 Å². The fourth-order valence-corrected chi connectivity index (χ4v) is 3.59. The molecule has 5 heteroatoms. The average molecular weight is 290 g/mol. The number of anilines is 1. The SMILES string of the molecule is Cc1ccc(N2CCCS2(=O)=O)cc1Br. The summed E-state index contributed by atoms with van der Waals surface area (Å²) in [5.41, 5.74) is 1.86. The first-order valence-electron chi connectivity index (χ1n) is 4.77. The number of benzene rings is 1. The van der Waals surface area contributed by atoms with Crippen molar-refractivity contribution in [3.63, 3.8) is 0 Å². The van der Waals surface area contributed by atoms with Crippen LogP contribution < -0.4 is 4.31 Å². The van der Waals surface area contributed by atoms with Crippen molar-refractivity contribution in [2.75, 3.05) is 16.6 Å². The third-order valence-corrected chi connectivity index (χ3v) is 5.27. The fraction of sp³-hybridized carbons (Fsp3) is 0.400. The number of nitrogens with zero attached hydrogens (tertiary/aromatic N) is 1. The van der Waals surface area contributed by atoms with Crippen molar-refractivity contribution in [3.05, 3.63) is 28.2 Å². The number of hydrogen-bond acceptors (Lipinski definition) is 2. The molecule has 0 aromatic heterocycles. The molecule has 0 aliphatic carbocycles. The molecule has 0 atom stereocenters. The summed E-state index contributed by atoms with van der Waals surface area (Å²) in [4.78, 5) is 0. The summed E-state index contributed by atoms with van der Waals surface area (Å²) in [5.74, 6) is 0.262. The minimum absolute atomic E-state index is 0.262. The standard InChI is InChI=1S/C10H12BrNO2S/c1-8-3-4-9(7-10(8)11)12-5-2-6-15(12,13)14/h3-4,7H,2,5-6H2,1H3.